The summed E-state index contributed by atoms with van der Waals surface area (Å²) in [5.41, 5.74) is 0.164. The molecule has 1 aromatic carbocycles. The summed E-state index contributed by atoms with van der Waals surface area (Å²) in [5, 5.41) is 0.235. The van der Waals surface area contributed by atoms with Gasteiger partial charge in [0.2, 0.25) is 5.78 Å². The fourth-order valence-electron chi connectivity index (χ4n) is 2.85. The van der Waals surface area contributed by atoms with Gasteiger partial charge in [0.1, 0.15) is 5.57 Å². The number of rotatable bonds is 11. The van der Waals surface area contributed by atoms with Gasteiger partial charge in [0, 0.05) is 18.0 Å². The smallest absolute Gasteiger partial charge is 0.414 e. The molecule has 6 nitrogen and oxygen atoms in total. The minimum atomic E-state index is -0.631. The third-order valence-corrected chi connectivity index (χ3v) is 5.46. The molecule has 1 saturated carbocycles. The predicted octanol–water partition coefficient (Wildman–Crippen LogP) is 5.84. The zero-order valence-electron chi connectivity index (χ0n) is 17.5. The number of benzene rings is 1. The second kappa shape index (κ2) is 11.4. The first-order valence-electron chi connectivity index (χ1n) is 10.2. The van der Waals surface area contributed by atoms with Crippen molar-refractivity contribution in [2.45, 2.75) is 46.5 Å². The summed E-state index contributed by atoms with van der Waals surface area (Å²) in [6.07, 6.45) is 3.65. The van der Waals surface area contributed by atoms with E-state index in [0.29, 0.717) is 6.61 Å². The van der Waals surface area contributed by atoms with E-state index in [-0.39, 0.29) is 51.7 Å². The van der Waals surface area contributed by atoms with Crippen molar-refractivity contribution >= 4 is 46.5 Å². The molecule has 0 unspecified atom stereocenters. The van der Waals surface area contributed by atoms with Crippen molar-refractivity contribution in [1.82, 2.24) is 0 Å². The molecule has 0 heterocycles. The average molecular weight is 456 g/mol. The van der Waals surface area contributed by atoms with Gasteiger partial charge in [-0.1, -0.05) is 36.5 Å². The molecule has 0 N–H and O–H groups in total. The number of hydrogen-bond acceptors (Lipinski definition) is 5. The zero-order chi connectivity index (χ0) is 22.3. The molecule has 1 fully saturated rings. The lowest BCUT2D eigenvalue weighted by molar-refractivity contribution is -0.116. The van der Waals surface area contributed by atoms with Gasteiger partial charge in [-0.25, -0.2) is 4.79 Å². The van der Waals surface area contributed by atoms with E-state index in [9.17, 15) is 14.4 Å². The van der Waals surface area contributed by atoms with Crippen LogP contribution >= 0.6 is 23.2 Å². The third kappa shape index (κ3) is 5.76. The van der Waals surface area contributed by atoms with E-state index in [0.717, 1.165) is 25.7 Å². The maximum absolute atomic E-state index is 13.4. The minimum absolute atomic E-state index is 0.0476. The molecule has 1 aliphatic rings. The van der Waals surface area contributed by atoms with Crippen molar-refractivity contribution < 1.29 is 23.9 Å². The summed E-state index contributed by atoms with van der Waals surface area (Å²) in [5.74, 6) is -0.999. The molecule has 0 spiro atoms. The largest absolute Gasteiger partial charge is 0.501 e. The van der Waals surface area contributed by atoms with Crippen LogP contribution in [0.25, 0.3) is 0 Å². The van der Waals surface area contributed by atoms with E-state index in [2.05, 4.69) is 0 Å². The Kier molecular flexibility index (Phi) is 9.18. The molecule has 0 aliphatic heterocycles. The molecule has 8 heteroatoms. The van der Waals surface area contributed by atoms with Crippen LogP contribution in [0.1, 0.15) is 56.8 Å². The summed E-state index contributed by atoms with van der Waals surface area (Å²) in [6, 6.07) is 2.94. The first-order valence-corrected chi connectivity index (χ1v) is 11.0. The number of hydrogen-bond donors (Lipinski definition) is 0. The van der Waals surface area contributed by atoms with Crippen molar-refractivity contribution in [2.24, 2.45) is 5.92 Å². The number of amides is 1. The normalized spacial score (nSPS) is 13.7. The molecule has 164 valence electrons. The zero-order valence-corrected chi connectivity index (χ0v) is 19.0. The predicted molar refractivity (Wildman–Crippen MR) is 118 cm³/mol. The SMILES string of the molecule is CCCCOC(=O)N(CC)c1c(C(=O)/C(=C\OCC)C(=O)C2CC2)ccc(Cl)c1Cl. The fourth-order valence-corrected chi connectivity index (χ4v) is 3.27. The topological polar surface area (TPSA) is 72.9 Å². The van der Waals surface area contributed by atoms with Gasteiger partial charge in [0.25, 0.3) is 0 Å². The van der Waals surface area contributed by atoms with Crippen LogP contribution < -0.4 is 4.90 Å². The Bertz CT molecular complexity index is 833. The average Bonchev–Trinajstić information content (AvgIpc) is 3.57. The van der Waals surface area contributed by atoms with Gasteiger partial charge in [0.15, 0.2) is 5.78 Å². The molecule has 0 bridgehead atoms. The second-order valence-corrected chi connectivity index (χ2v) is 7.71. The first-order chi connectivity index (χ1) is 14.4. The van der Waals surface area contributed by atoms with Crippen molar-refractivity contribution in [3.8, 4) is 0 Å². The monoisotopic (exact) mass is 455 g/mol. The van der Waals surface area contributed by atoms with Crippen LogP contribution in [0.15, 0.2) is 24.0 Å². The number of anilines is 1. The summed E-state index contributed by atoms with van der Waals surface area (Å²) >= 11 is 12.6. The Labute approximate surface area is 187 Å². The highest BCUT2D eigenvalue weighted by atomic mass is 35.5. The van der Waals surface area contributed by atoms with Crippen LogP contribution in [0, 0.1) is 5.92 Å². The second-order valence-electron chi connectivity index (χ2n) is 6.92. The van der Waals surface area contributed by atoms with E-state index < -0.39 is 11.9 Å². The highest BCUT2D eigenvalue weighted by molar-refractivity contribution is 6.45. The van der Waals surface area contributed by atoms with Crippen molar-refractivity contribution in [3.05, 3.63) is 39.6 Å². The molecular formula is C22H27Cl2NO5. The number of unbranched alkanes of at least 4 members (excludes halogenated alkanes) is 1. The van der Waals surface area contributed by atoms with Crippen molar-refractivity contribution in [3.63, 3.8) is 0 Å². The molecule has 0 radical (unpaired) electrons. The molecule has 1 aliphatic carbocycles. The van der Waals surface area contributed by atoms with Crippen LogP contribution in [0.3, 0.4) is 0 Å². The maximum Gasteiger partial charge on any atom is 0.414 e. The van der Waals surface area contributed by atoms with Crippen LogP contribution in [-0.2, 0) is 14.3 Å². The Morgan fingerprint density at radius 1 is 1.17 bits per heavy atom. The van der Waals surface area contributed by atoms with Gasteiger partial charge in [0.05, 0.1) is 35.2 Å². The van der Waals surface area contributed by atoms with Gasteiger partial charge < -0.3 is 9.47 Å². The highest BCUT2D eigenvalue weighted by Crippen LogP contribution is 2.39. The molecule has 0 saturated heterocycles. The van der Waals surface area contributed by atoms with Gasteiger partial charge in [-0.05, 0) is 45.2 Å². The number of ketones is 2. The van der Waals surface area contributed by atoms with E-state index in [1.165, 1.54) is 23.3 Å². The molecule has 30 heavy (non-hydrogen) atoms. The minimum Gasteiger partial charge on any atom is -0.501 e. The van der Waals surface area contributed by atoms with Gasteiger partial charge in [-0.15, -0.1) is 0 Å². The third-order valence-electron chi connectivity index (χ3n) is 4.67. The number of halogens is 2. The first kappa shape index (κ1) is 24.2. The molecule has 0 atom stereocenters. The Morgan fingerprint density at radius 3 is 2.43 bits per heavy atom. The molecule has 1 amide bonds. The summed E-state index contributed by atoms with van der Waals surface area (Å²) < 4.78 is 10.6. The Morgan fingerprint density at radius 2 is 1.87 bits per heavy atom. The Balaban J connectivity index is 2.48. The summed E-state index contributed by atoms with van der Waals surface area (Å²) in [6.45, 7) is 6.25. The summed E-state index contributed by atoms with van der Waals surface area (Å²) in [7, 11) is 0. The fraction of sp³-hybridized carbons (Fsp3) is 0.500. The lowest BCUT2D eigenvalue weighted by Crippen LogP contribution is -2.33. The van der Waals surface area contributed by atoms with E-state index in [1.807, 2.05) is 6.92 Å². The number of nitrogens with zero attached hydrogens (tertiary/aromatic N) is 1. The van der Waals surface area contributed by atoms with E-state index in [4.69, 9.17) is 32.7 Å². The standard InChI is InChI=1S/C22H27Cl2NO5/c1-4-7-12-30-22(28)25(5-2)19-15(10-11-17(23)18(19)24)21(27)16(13-29-6-3)20(26)14-8-9-14/h10-11,13-14H,4-9,12H2,1-3H3/b16-13-. The van der Waals surface area contributed by atoms with E-state index >= 15 is 0 Å². The van der Waals surface area contributed by atoms with Gasteiger partial charge in [-0.3, -0.25) is 14.5 Å². The lowest BCUT2D eigenvalue weighted by Gasteiger charge is -2.24. The lowest BCUT2D eigenvalue weighted by atomic mass is 9.97. The maximum atomic E-state index is 13.4. The van der Waals surface area contributed by atoms with Crippen molar-refractivity contribution in [2.75, 3.05) is 24.7 Å². The number of Topliss-reactive ketones (excluding diaryl/α,β-unsaturated/α-hetero) is 2. The van der Waals surface area contributed by atoms with Crippen LogP contribution in [0.5, 0.6) is 0 Å². The Hall–Kier alpha value is -2.05. The highest BCUT2D eigenvalue weighted by Gasteiger charge is 2.37. The van der Waals surface area contributed by atoms with Crippen LogP contribution in [-0.4, -0.2) is 37.4 Å². The van der Waals surface area contributed by atoms with Crippen LogP contribution in [0.4, 0.5) is 10.5 Å². The van der Waals surface area contributed by atoms with E-state index in [1.54, 1.807) is 13.8 Å². The number of allylic oxidation sites excluding steroid dienone is 1. The molecule has 1 aromatic rings. The number of carbonyl (C=O) groups excluding carboxylic acids is 3. The summed E-state index contributed by atoms with van der Waals surface area (Å²) in [4.78, 5) is 40.0. The molecule has 0 aromatic heterocycles. The van der Waals surface area contributed by atoms with Crippen LogP contribution in [0.2, 0.25) is 10.0 Å². The quantitative estimate of drug-likeness (QED) is 0.105. The van der Waals surface area contributed by atoms with Crippen molar-refractivity contribution in [1.29, 1.82) is 0 Å². The number of ether oxygens (including phenoxy) is 2. The molecular weight excluding hydrogens is 429 g/mol. The number of carbonyl (C=O) groups is 3. The van der Waals surface area contributed by atoms with Gasteiger partial charge in [-0.2, -0.15) is 0 Å². The van der Waals surface area contributed by atoms with Gasteiger partial charge >= 0.3 is 6.09 Å². The molecule has 2 rings (SSSR count).